The van der Waals surface area contributed by atoms with E-state index in [9.17, 15) is 9.59 Å². The summed E-state index contributed by atoms with van der Waals surface area (Å²) in [7, 11) is 2.76. The van der Waals surface area contributed by atoms with Gasteiger partial charge < -0.3 is 18.9 Å². The first-order valence-corrected chi connectivity index (χ1v) is 7.07. The first-order chi connectivity index (χ1) is 9.62. The summed E-state index contributed by atoms with van der Waals surface area (Å²) < 4.78 is 21.0. The average molecular weight is 286 g/mol. The molecule has 2 aliphatic heterocycles. The van der Waals surface area contributed by atoms with Crippen LogP contribution in [0.15, 0.2) is 0 Å². The normalized spacial score (nSPS) is 33.1. The lowest BCUT2D eigenvalue weighted by atomic mass is 10.1. The Morgan fingerprint density at radius 1 is 0.850 bits per heavy atom. The van der Waals surface area contributed by atoms with Gasteiger partial charge >= 0.3 is 11.9 Å². The summed E-state index contributed by atoms with van der Waals surface area (Å²) in [6.45, 7) is 0. The van der Waals surface area contributed by atoms with E-state index in [0.29, 0.717) is 12.8 Å². The van der Waals surface area contributed by atoms with Crippen molar-refractivity contribution in [1.29, 1.82) is 0 Å². The topological polar surface area (TPSA) is 71.1 Å². The molecule has 2 fully saturated rings. The van der Waals surface area contributed by atoms with E-state index in [2.05, 4.69) is 9.47 Å². The highest BCUT2D eigenvalue weighted by Gasteiger charge is 2.38. The molecule has 6 heteroatoms. The Labute approximate surface area is 118 Å². The fourth-order valence-corrected chi connectivity index (χ4v) is 2.85. The molecular weight excluding hydrogens is 264 g/mol. The number of hydrogen-bond donors (Lipinski definition) is 0. The lowest BCUT2D eigenvalue weighted by molar-refractivity contribution is -0.147. The Hall–Kier alpha value is -1.14. The van der Waals surface area contributed by atoms with E-state index in [4.69, 9.17) is 9.47 Å². The summed E-state index contributed by atoms with van der Waals surface area (Å²) in [5.41, 5.74) is 0. The molecule has 0 saturated carbocycles. The number of methoxy groups -OCH3 is 2. The van der Waals surface area contributed by atoms with Crippen molar-refractivity contribution in [2.45, 2.75) is 62.9 Å². The van der Waals surface area contributed by atoms with Crippen LogP contribution in [0, 0.1) is 0 Å². The van der Waals surface area contributed by atoms with Gasteiger partial charge in [0, 0.05) is 0 Å². The molecule has 4 atom stereocenters. The summed E-state index contributed by atoms with van der Waals surface area (Å²) in [6, 6.07) is 0. The minimum atomic E-state index is -0.244. The van der Waals surface area contributed by atoms with Crippen molar-refractivity contribution in [3.8, 4) is 0 Å². The van der Waals surface area contributed by atoms with Crippen LogP contribution in [0.5, 0.6) is 0 Å². The minimum Gasteiger partial charge on any atom is -0.469 e. The van der Waals surface area contributed by atoms with Gasteiger partial charge in [-0.15, -0.1) is 0 Å². The lowest BCUT2D eigenvalue weighted by Crippen LogP contribution is -2.28. The van der Waals surface area contributed by atoms with Gasteiger partial charge in [0.2, 0.25) is 0 Å². The van der Waals surface area contributed by atoms with E-state index in [1.54, 1.807) is 0 Å². The van der Waals surface area contributed by atoms with Gasteiger partial charge in [0.05, 0.1) is 51.5 Å². The van der Waals surface area contributed by atoms with Crippen molar-refractivity contribution in [1.82, 2.24) is 0 Å². The van der Waals surface area contributed by atoms with E-state index in [1.165, 1.54) is 14.2 Å². The third-order valence-electron chi connectivity index (χ3n) is 3.94. The highest BCUT2D eigenvalue weighted by Crippen LogP contribution is 2.33. The second-order valence-corrected chi connectivity index (χ2v) is 5.31. The summed E-state index contributed by atoms with van der Waals surface area (Å²) in [6.07, 6.45) is 3.96. The van der Waals surface area contributed by atoms with Crippen LogP contribution in [0.2, 0.25) is 0 Å². The minimum absolute atomic E-state index is 0.0207. The van der Waals surface area contributed by atoms with Gasteiger partial charge in [-0.2, -0.15) is 0 Å². The third kappa shape index (κ3) is 3.93. The van der Waals surface area contributed by atoms with Crippen LogP contribution >= 0.6 is 0 Å². The van der Waals surface area contributed by atoms with Crippen molar-refractivity contribution in [3.63, 3.8) is 0 Å². The number of ether oxygens (including phenoxy) is 4. The second-order valence-electron chi connectivity index (χ2n) is 5.31. The zero-order chi connectivity index (χ0) is 14.5. The standard InChI is InChI=1S/C14H22O6/c1-17-13(15)7-9-3-5-11(19-9)12-6-4-10(20-12)8-14(16)18-2/h9-12H,3-8H2,1-2H3/t9-,10-,11+,12+/m0/s1. The van der Waals surface area contributed by atoms with Crippen molar-refractivity contribution in [3.05, 3.63) is 0 Å². The number of hydrogen-bond acceptors (Lipinski definition) is 6. The number of esters is 2. The summed E-state index contributed by atoms with van der Waals surface area (Å²) in [5.74, 6) is -0.488. The Bertz CT molecular complexity index is 322. The van der Waals surface area contributed by atoms with Gasteiger partial charge in [0.25, 0.3) is 0 Å². The largest absolute Gasteiger partial charge is 0.469 e. The molecule has 0 bridgehead atoms. The summed E-state index contributed by atoms with van der Waals surface area (Å²) in [4.78, 5) is 22.4. The molecule has 2 aliphatic rings. The molecule has 0 aromatic heterocycles. The first-order valence-electron chi connectivity index (χ1n) is 7.07. The lowest BCUT2D eigenvalue weighted by Gasteiger charge is -2.20. The molecule has 0 N–H and O–H groups in total. The van der Waals surface area contributed by atoms with Gasteiger partial charge in [0.1, 0.15) is 0 Å². The number of carbonyl (C=O) groups excluding carboxylic acids is 2. The predicted octanol–water partition coefficient (Wildman–Crippen LogP) is 1.21. The van der Waals surface area contributed by atoms with E-state index >= 15 is 0 Å². The Morgan fingerprint density at radius 2 is 1.25 bits per heavy atom. The second kappa shape index (κ2) is 7.04. The van der Waals surface area contributed by atoms with E-state index in [0.717, 1.165) is 25.7 Å². The van der Waals surface area contributed by atoms with Crippen LogP contribution < -0.4 is 0 Å². The Kier molecular flexibility index (Phi) is 5.37. The fraction of sp³-hybridized carbons (Fsp3) is 0.857. The molecule has 0 aromatic rings. The third-order valence-corrected chi connectivity index (χ3v) is 3.94. The molecule has 2 saturated heterocycles. The molecule has 0 spiro atoms. The van der Waals surface area contributed by atoms with Crippen molar-refractivity contribution >= 4 is 11.9 Å². The molecule has 114 valence electrons. The van der Waals surface area contributed by atoms with Crippen molar-refractivity contribution in [2.75, 3.05) is 14.2 Å². The molecule has 2 heterocycles. The van der Waals surface area contributed by atoms with Crippen molar-refractivity contribution < 1.29 is 28.5 Å². The molecule has 0 unspecified atom stereocenters. The smallest absolute Gasteiger partial charge is 0.308 e. The monoisotopic (exact) mass is 286 g/mol. The Balaban J connectivity index is 1.74. The zero-order valence-corrected chi connectivity index (χ0v) is 12.0. The van der Waals surface area contributed by atoms with Crippen LogP contribution in [0.25, 0.3) is 0 Å². The summed E-state index contributed by atoms with van der Waals surface area (Å²) >= 11 is 0. The Morgan fingerprint density at radius 3 is 1.60 bits per heavy atom. The van der Waals surface area contributed by atoms with Gasteiger partial charge in [-0.25, -0.2) is 0 Å². The van der Waals surface area contributed by atoms with E-state index in [1.807, 2.05) is 0 Å². The molecule has 6 nitrogen and oxygen atoms in total. The SMILES string of the molecule is COC(=O)C[C@@H]1CC[C@H]([C@H]2CC[C@@H](CC(=O)OC)O2)O1. The average Bonchev–Trinajstić information content (AvgIpc) is 3.07. The number of carbonyl (C=O) groups is 2. The number of rotatable bonds is 5. The molecule has 0 aliphatic carbocycles. The van der Waals surface area contributed by atoms with Crippen LogP contribution in [0.3, 0.4) is 0 Å². The van der Waals surface area contributed by atoms with Crippen LogP contribution in [0.4, 0.5) is 0 Å². The maximum Gasteiger partial charge on any atom is 0.308 e. The molecule has 2 rings (SSSR count). The van der Waals surface area contributed by atoms with Gasteiger partial charge in [0.15, 0.2) is 0 Å². The van der Waals surface area contributed by atoms with Crippen molar-refractivity contribution in [2.24, 2.45) is 0 Å². The molecule has 20 heavy (non-hydrogen) atoms. The van der Waals surface area contributed by atoms with Crippen LogP contribution in [-0.4, -0.2) is 50.6 Å². The molecular formula is C14H22O6. The highest BCUT2D eigenvalue weighted by atomic mass is 16.6. The van der Waals surface area contributed by atoms with Gasteiger partial charge in [-0.1, -0.05) is 0 Å². The molecule has 0 amide bonds. The van der Waals surface area contributed by atoms with Gasteiger partial charge in [-0.3, -0.25) is 9.59 Å². The predicted molar refractivity (Wildman–Crippen MR) is 69.1 cm³/mol. The maximum absolute atomic E-state index is 11.2. The molecule has 0 radical (unpaired) electrons. The fourth-order valence-electron chi connectivity index (χ4n) is 2.85. The quantitative estimate of drug-likeness (QED) is 0.707. The van der Waals surface area contributed by atoms with E-state index < -0.39 is 0 Å². The highest BCUT2D eigenvalue weighted by molar-refractivity contribution is 5.70. The van der Waals surface area contributed by atoms with E-state index in [-0.39, 0.29) is 36.4 Å². The van der Waals surface area contributed by atoms with Crippen LogP contribution in [0.1, 0.15) is 38.5 Å². The maximum atomic E-state index is 11.2. The van der Waals surface area contributed by atoms with Crippen LogP contribution in [-0.2, 0) is 28.5 Å². The summed E-state index contributed by atoms with van der Waals surface area (Å²) in [5, 5.41) is 0. The first kappa shape index (κ1) is 15.3. The van der Waals surface area contributed by atoms with Gasteiger partial charge in [-0.05, 0) is 25.7 Å². The zero-order valence-electron chi connectivity index (χ0n) is 12.0. The molecule has 0 aromatic carbocycles.